The lowest BCUT2D eigenvalue weighted by Crippen LogP contribution is -2.48. The maximum absolute atomic E-state index is 12.3. The second kappa shape index (κ2) is 13.4. The number of ether oxygens (including phenoxy) is 3. The molecule has 1 amide bonds. The van der Waals surface area contributed by atoms with Gasteiger partial charge in [0.1, 0.15) is 0 Å². The van der Waals surface area contributed by atoms with Gasteiger partial charge in [0.25, 0.3) is 11.5 Å². The molecule has 1 heterocycles. The molecule has 2 aromatic rings. The Bertz CT molecular complexity index is 1120. The number of aliphatic hydroxyl groups is 1. The number of amides is 1. The zero-order chi connectivity index (χ0) is 25.8. The summed E-state index contributed by atoms with van der Waals surface area (Å²) < 4.78 is 14.7. The van der Waals surface area contributed by atoms with Crippen LogP contribution in [0.3, 0.4) is 0 Å². The highest BCUT2D eigenvalue weighted by atomic mass is 35.5. The molecule has 0 bridgehead atoms. The Balaban J connectivity index is 1.94. The number of hydrogen-bond acceptors (Lipinski definition) is 7. The lowest BCUT2D eigenvalue weighted by molar-refractivity contribution is -0.182. The number of carbonyl (C=O) groups excluding carboxylic acids is 3. The van der Waals surface area contributed by atoms with Crippen molar-refractivity contribution in [3.8, 4) is 0 Å². The molecule has 188 valence electrons. The van der Waals surface area contributed by atoms with E-state index in [0.717, 1.165) is 16.6 Å². The number of allylic oxidation sites excluding steroid dienone is 2. The van der Waals surface area contributed by atoms with Crippen LogP contribution in [-0.4, -0.2) is 60.4 Å². The molecule has 0 spiro atoms. The van der Waals surface area contributed by atoms with Gasteiger partial charge in [-0.25, -0.2) is 9.59 Å². The van der Waals surface area contributed by atoms with E-state index in [1.165, 1.54) is 25.3 Å². The van der Waals surface area contributed by atoms with Gasteiger partial charge in [0.15, 0.2) is 5.76 Å². The van der Waals surface area contributed by atoms with Crippen LogP contribution < -0.4 is 5.32 Å². The van der Waals surface area contributed by atoms with E-state index >= 15 is 0 Å². The van der Waals surface area contributed by atoms with Crippen molar-refractivity contribution in [2.75, 3.05) is 26.9 Å². The van der Waals surface area contributed by atoms with Gasteiger partial charge in [0.2, 0.25) is 0 Å². The smallest absolute Gasteiger partial charge is 0.350 e. The van der Waals surface area contributed by atoms with Gasteiger partial charge in [-0.2, -0.15) is 0 Å². The zero-order valence-electron chi connectivity index (χ0n) is 19.8. The maximum atomic E-state index is 12.3. The number of halogens is 1. The van der Waals surface area contributed by atoms with Crippen LogP contribution in [0.5, 0.6) is 0 Å². The van der Waals surface area contributed by atoms with Crippen molar-refractivity contribution in [2.24, 2.45) is 0 Å². The second-order valence-electron chi connectivity index (χ2n) is 7.24. The Labute approximate surface area is 208 Å². The summed E-state index contributed by atoms with van der Waals surface area (Å²) in [6.07, 6.45) is 7.46. The monoisotopic (exact) mass is 504 g/mol. The van der Waals surface area contributed by atoms with E-state index in [0.29, 0.717) is 5.02 Å². The van der Waals surface area contributed by atoms with Gasteiger partial charge in [-0.3, -0.25) is 4.79 Å². The molecule has 3 N–H and O–H groups in total. The number of fused-ring (bicyclic) bond motifs is 1. The number of H-pyrrole nitrogens is 1. The molecule has 0 atom stereocenters. The number of aromatic nitrogens is 1. The van der Waals surface area contributed by atoms with Crippen LogP contribution in [0.2, 0.25) is 5.02 Å². The summed E-state index contributed by atoms with van der Waals surface area (Å²) in [6.45, 7) is 3.17. The minimum Gasteiger partial charge on any atom is -0.491 e. The summed E-state index contributed by atoms with van der Waals surface area (Å²) in [5, 5.41) is 14.7. The van der Waals surface area contributed by atoms with Gasteiger partial charge in [0, 0.05) is 34.6 Å². The van der Waals surface area contributed by atoms with Crippen LogP contribution in [0, 0.1) is 0 Å². The summed E-state index contributed by atoms with van der Waals surface area (Å²) in [4.78, 5) is 39.6. The normalized spacial score (nSPS) is 12.3. The van der Waals surface area contributed by atoms with Crippen LogP contribution in [-0.2, 0) is 28.6 Å². The first kappa shape index (κ1) is 27.7. The van der Waals surface area contributed by atoms with Crippen molar-refractivity contribution >= 4 is 46.4 Å². The minimum atomic E-state index is -2.46. The number of carbonyl (C=O) groups is 3. The molecule has 0 aliphatic rings. The van der Waals surface area contributed by atoms with E-state index in [1.54, 1.807) is 32.1 Å². The topological polar surface area (TPSA) is 127 Å². The molecule has 0 aliphatic heterocycles. The molecule has 0 radical (unpaired) electrons. The van der Waals surface area contributed by atoms with E-state index < -0.39 is 23.4 Å². The molecule has 0 aliphatic carbocycles. The molecule has 2 rings (SSSR count). The first-order valence-electron chi connectivity index (χ1n) is 11.0. The van der Waals surface area contributed by atoms with Gasteiger partial charge in [-0.15, -0.1) is 0 Å². The molecular weight excluding hydrogens is 476 g/mol. The first-order chi connectivity index (χ1) is 16.7. The summed E-state index contributed by atoms with van der Waals surface area (Å²) in [5.41, 5.74) is -0.730. The number of nitrogens with one attached hydrogen (secondary N) is 2. The van der Waals surface area contributed by atoms with Crippen molar-refractivity contribution in [3.63, 3.8) is 0 Å². The summed E-state index contributed by atoms with van der Waals surface area (Å²) in [6, 6.07) is 7.48. The van der Waals surface area contributed by atoms with Crippen molar-refractivity contribution < 1.29 is 33.7 Å². The Morgan fingerprint density at radius 3 is 2.43 bits per heavy atom. The fraction of sp³-hybridized carbons (Fsp3) is 0.320. The Kier molecular flexibility index (Phi) is 10.6. The number of hydrogen-bond donors (Lipinski definition) is 3. The van der Waals surface area contributed by atoms with Crippen molar-refractivity contribution in [2.45, 2.75) is 25.9 Å². The van der Waals surface area contributed by atoms with Crippen LogP contribution in [0.25, 0.3) is 17.0 Å². The van der Waals surface area contributed by atoms with Crippen molar-refractivity contribution in [3.05, 3.63) is 65.0 Å². The second-order valence-corrected chi connectivity index (χ2v) is 7.67. The zero-order valence-corrected chi connectivity index (χ0v) is 20.6. The van der Waals surface area contributed by atoms with Crippen molar-refractivity contribution in [1.29, 1.82) is 0 Å². The average Bonchev–Trinajstić information content (AvgIpc) is 3.23. The van der Waals surface area contributed by atoms with E-state index in [4.69, 9.17) is 25.8 Å². The van der Waals surface area contributed by atoms with Crippen LogP contribution in [0.1, 0.15) is 26.0 Å². The van der Waals surface area contributed by atoms with Gasteiger partial charge in [-0.05, 0) is 44.2 Å². The molecule has 0 unspecified atom stereocenters. The van der Waals surface area contributed by atoms with Crippen LogP contribution in [0.4, 0.5) is 0 Å². The predicted molar refractivity (Wildman–Crippen MR) is 132 cm³/mol. The fourth-order valence-electron chi connectivity index (χ4n) is 3.01. The number of esters is 2. The summed E-state index contributed by atoms with van der Waals surface area (Å²) >= 11 is 6.00. The highest BCUT2D eigenvalue weighted by Gasteiger charge is 2.46. The fourth-order valence-corrected chi connectivity index (χ4v) is 3.19. The third-order valence-corrected chi connectivity index (χ3v) is 4.99. The van der Waals surface area contributed by atoms with E-state index in [2.05, 4.69) is 10.3 Å². The summed E-state index contributed by atoms with van der Waals surface area (Å²) in [7, 11) is 1.37. The Morgan fingerprint density at radius 1 is 1.11 bits per heavy atom. The number of methoxy groups -OCH3 is 1. The molecule has 35 heavy (non-hydrogen) atoms. The highest BCUT2D eigenvalue weighted by molar-refractivity contribution is 6.31. The van der Waals surface area contributed by atoms with Gasteiger partial charge in [-0.1, -0.05) is 35.9 Å². The maximum Gasteiger partial charge on any atom is 0.350 e. The van der Waals surface area contributed by atoms with E-state index in [9.17, 15) is 19.5 Å². The molecule has 10 heteroatoms. The Hall–Kier alpha value is -3.56. The van der Waals surface area contributed by atoms with Crippen molar-refractivity contribution in [1.82, 2.24) is 10.3 Å². The van der Waals surface area contributed by atoms with E-state index in [-0.39, 0.29) is 31.9 Å². The minimum absolute atomic E-state index is 0.00444. The van der Waals surface area contributed by atoms with Crippen LogP contribution in [0.15, 0.2) is 54.3 Å². The Morgan fingerprint density at radius 2 is 1.80 bits per heavy atom. The largest absolute Gasteiger partial charge is 0.491 e. The third-order valence-electron chi connectivity index (χ3n) is 4.76. The molecule has 1 aromatic heterocycles. The highest BCUT2D eigenvalue weighted by Crippen LogP contribution is 2.20. The lowest BCUT2D eigenvalue weighted by Gasteiger charge is -2.22. The van der Waals surface area contributed by atoms with Crippen LogP contribution >= 0.6 is 11.6 Å². The first-order valence-corrected chi connectivity index (χ1v) is 11.3. The SMILES string of the molecule is CCOC(=O)C(O)(CC=CCNC(=O)C(=CC=Cc1cc2ccc(Cl)cc2[nH]1)OC)C(=O)OCC. The van der Waals surface area contributed by atoms with Gasteiger partial charge in [0.05, 0.1) is 20.3 Å². The van der Waals surface area contributed by atoms with E-state index in [1.807, 2.05) is 18.2 Å². The number of benzene rings is 1. The average molecular weight is 505 g/mol. The molecular formula is C25H29ClN2O7. The lowest BCUT2D eigenvalue weighted by atomic mass is 10.00. The third kappa shape index (κ3) is 7.73. The standard InChI is InChI=1S/C25H29ClN2O7/c1-4-34-23(30)25(32,24(31)35-5-2)13-6-7-14-27-22(29)21(33-3)10-8-9-19-15-17-11-12-18(26)16-20(17)28-19/h6-12,15-16,28,32H,4-5,13-14H2,1-3H3,(H,27,29). The van der Waals surface area contributed by atoms with Gasteiger partial charge >= 0.3 is 11.9 Å². The summed E-state index contributed by atoms with van der Waals surface area (Å²) in [5.74, 6) is -2.59. The molecule has 9 nitrogen and oxygen atoms in total. The van der Waals surface area contributed by atoms with Gasteiger partial charge < -0.3 is 29.6 Å². The number of rotatable bonds is 12. The molecule has 1 aromatic carbocycles. The number of aromatic amines is 1. The molecule has 0 fully saturated rings. The molecule has 0 saturated heterocycles. The predicted octanol–water partition coefficient (Wildman–Crippen LogP) is 3.28. The quantitative estimate of drug-likeness (QED) is 0.101. The molecule has 0 saturated carbocycles.